The van der Waals surface area contributed by atoms with Crippen LogP contribution in [0.3, 0.4) is 0 Å². The first-order chi connectivity index (χ1) is 12.2. The van der Waals surface area contributed by atoms with E-state index in [1.165, 1.54) is 11.0 Å². The Hall–Kier alpha value is -2.13. The lowest BCUT2D eigenvalue weighted by molar-refractivity contribution is -0.131. The predicted octanol–water partition coefficient (Wildman–Crippen LogP) is 0.882. The lowest BCUT2D eigenvalue weighted by Gasteiger charge is -2.34. The molecule has 0 spiro atoms. The van der Waals surface area contributed by atoms with Gasteiger partial charge in [0, 0.05) is 26.2 Å². The van der Waals surface area contributed by atoms with E-state index in [1.807, 2.05) is 13.8 Å². The number of hydrogen-bond donors (Lipinski definition) is 1. The number of carbonyl (C=O) groups is 2. The fourth-order valence-corrected chi connectivity index (χ4v) is 3.65. The average Bonchev–Trinajstić information content (AvgIpc) is 2.62. The van der Waals surface area contributed by atoms with Gasteiger partial charge in [-0.15, -0.1) is 0 Å². The Kier molecular flexibility index (Phi) is 6.60. The summed E-state index contributed by atoms with van der Waals surface area (Å²) in [5.41, 5.74) is 1.87. The third kappa shape index (κ3) is 4.95. The van der Waals surface area contributed by atoms with Crippen LogP contribution in [-0.2, 0) is 19.6 Å². The monoisotopic (exact) mass is 383 g/mol. The molecule has 0 aromatic heterocycles. The van der Waals surface area contributed by atoms with Crippen molar-refractivity contribution >= 4 is 22.0 Å². The molecule has 0 atom stereocenters. The third-order valence-electron chi connectivity index (χ3n) is 4.36. The summed E-state index contributed by atoms with van der Waals surface area (Å²) in [4.78, 5) is 27.1. The molecule has 1 aromatic carbocycles. The Morgan fingerprint density at radius 2 is 1.69 bits per heavy atom. The van der Waals surface area contributed by atoms with Crippen molar-refractivity contribution in [1.29, 1.82) is 0 Å². The molecule has 1 fully saturated rings. The minimum Gasteiger partial charge on any atom is -0.450 e. The van der Waals surface area contributed by atoms with Crippen LogP contribution in [0, 0.1) is 13.8 Å². The van der Waals surface area contributed by atoms with E-state index < -0.39 is 16.1 Å². The molecule has 1 aromatic rings. The molecule has 1 heterocycles. The summed E-state index contributed by atoms with van der Waals surface area (Å²) < 4.78 is 32.0. The highest BCUT2D eigenvalue weighted by atomic mass is 32.2. The van der Waals surface area contributed by atoms with Crippen LogP contribution in [-0.4, -0.2) is 69.5 Å². The molecule has 1 aliphatic heterocycles. The van der Waals surface area contributed by atoms with E-state index in [0.29, 0.717) is 32.8 Å². The molecular formula is C17H25N3O5S. The number of aryl methyl sites for hydroxylation is 2. The predicted molar refractivity (Wildman–Crippen MR) is 96.3 cm³/mol. The second-order valence-electron chi connectivity index (χ2n) is 6.14. The quantitative estimate of drug-likeness (QED) is 0.814. The Morgan fingerprint density at radius 3 is 2.27 bits per heavy atom. The summed E-state index contributed by atoms with van der Waals surface area (Å²) >= 11 is 0. The second kappa shape index (κ2) is 8.50. The van der Waals surface area contributed by atoms with E-state index in [2.05, 4.69) is 4.72 Å². The van der Waals surface area contributed by atoms with Crippen molar-refractivity contribution in [1.82, 2.24) is 14.5 Å². The first-order valence-electron chi connectivity index (χ1n) is 8.51. The zero-order chi connectivity index (χ0) is 19.3. The molecule has 0 radical (unpaired) electrons. The minimum absolute atomic E-state index is 0.139. The molecule has 8 nitrogen and oxygen atoms in total. The number of carbonyl (C=O) groups excluding carboxylic acids is 2. The van der Waals surface area contributed by atoms with E-state index in [1.54, 1.807) is 24.0 Å². The minimum atomic E-state index is -3.75. The maximum Gasteiger partial charge on any atom is 0.409 e. The van der Waals surface area contributed by atoms with Gasteiger partial charge in [-0.3, -0.25) is 4.79 Å². The summed E-state index contributed by atoms with van der Waals surface area (Å²) in [5.74, 6) is -0.319. The standard InChI is InChI=1S/C17H25N3O5S/c1-4-25-17(22)20-9-7-19(8-10-20)16(21)12-18-26(23,24)15-6-5-13(2)14(3)11-15/h5-6,11,18H,4,7-10,12H2,1-3H3. The summed E-state index contributed by atoms with van der Waals surface area (Å²) in [6.45, 7) is 6.91. The first kappa shape index (κ1) is 20.2. The lowest BCUT2D eigenvalue weighted by atomic mass is 10.1. The molecule has 1 aliphatic rings. The summed E-state index contributed by atoms with van der Waals surface area (Å²) in [7, 11) is -3.75. The molecule has 144 valence electrons. The van der Waals surface area contributed by atoms with Gasteiger partial charge in [0.15, 0.2) is 0 Å². The highest BCUT2D eigenvalue weighted by Crippen LogP contribution is 2.14. The number of amides is 2. The third-order valence-corrected chi connectivity index (χ3v) is 5.76. The maximum atomic E-state index is 12.3. The van der Waals surface area contributed by atoms with Crippen molar-refractivity contribution in [2.24, 2.45) is 0 Å². The summed E-state index contributed by atoms with van der Waals surface area (Å²) in [5, 5.41) is 0. The highest BCUT2D eigenvalue weighted by molar-refractivity contribution is 7.89. The molecule has 2 rings (SSSR count). The van der Waals surface area contributed by atoms with Crippen LogP contribution >= 0.6 is 0 Å². The van der Waals surface area contributed by atoms with Gasteiger partial charge in [0.05, 0.1) is 18.0 Å². The largest absolute Gasteiger partial charge is 0.450 e. The number of nitrogens with one attached hydrogen (secondary N) is 1. The molecule has 0 saturated carbocycles. The first-order valence-corrected chi connectivity index (χ1v) is 9.99. The van der Waals surface area contributed by atoms with Crippen LogP contribution in [0.2, 0.25) is 0 Å². The molecule has 2 amide bonds. The zero-order valence-corrected chi connectivity index (χ0v) is 16.1. The molecule has 26 heavy (non-hydrogen) atoms. The normalized spacial score (nSPS) is 15.0. The number of nitrogens with zero attached hydrogens (tertiary/aromatic N) is 2. The van der Waals surface area contributed by atoms with Crippen molar-refractivity contribution in [3.8, 4) is 0 Å². The molecule has 0 aliphatic carbocycles. The number of sulfonamides is 1. The van der Waals surface area contributed by atoms with Gasteiger partial charge in [-0.1, -0.05) is 6.07 Å². The van der Waals surface area contributed by atoms with Gasteiger partial charge in [-0.05, 0) is 44.0 Å². The van der Waals surface area contributed by atoms with Crippen LogP contribution in [0.15, 0.2) is 23.1 Å². The van der Waals surface area contributed by atoms with Crippen molar-refractivity contribution in [2.75, 3.05) is 39.3 Å². The fraction of sp³-hybridized carbons (Fsp3) is 0.529. The fourth-order valence-electron chi connectivity index (χ4n) is 2.59. The van der Waals surface area contributed by atoms with Crippen LogP contribution in [0.4, 0.5) is 4.79 Å². The van der Waals surface area contributed by atoms with Gasteiger partial charge in [0.2, 0.25) is 15.9 Å². The highest BCUT2D eigenvalue weighted by Gasteiger charge is 2.25. The van der Waals surface area contributed by atoms with Crippen LogP contribution in [0.5, 0.6) is 0 Å². The van der Waals surface area contributed by atoms with E-state index in [9.17, 15) is 18.0 Å². The van der Waals surface area contributed by atoms with Gasteiger partial charge in [-0.25, -0.2) is 17.9 Å². The average molecular weight is 383 g/mol. The van der Waals surface area contributed by atoms with Gasteiger partial charge in [-0.2, -0.15) is 0 Å². The lowest BCUT2D eigenvalue weighted by Crippen LogP contribution is -2.52. The Bertz CT molecular complexity index is 771. The number of piperazine rings is 1. The van der Waals surface area contributed by atoms with Crippen LogP contribution in [0.25, 0.3) is 0 Å². The van der Waals surface area contributed by atoms with Crippen molar-refractivity contribution < 1.29 is 22.7 Å². The SMILES string of the molecule is CCOC(=O)N1CCN(C(=O)CNS(=O)(=O)c2ccc(C)c(C)c2)CC1. The molecular weight excluding hydrogens is 358 g/mol. The maximum absolute atomic E-state index is 12.3. The zero-order valence-electron chi connectivity index (χ0n) is 15.3. The molecule has 1 saturated heterocycles. The number of hydrogen-bond acceptors (Lipinski definition) is 5. The Labute approximate surface area is 154 Å². The van der Waals surface area contributed by atoms with Gasteiger partial charge in [0.1, 0.15) is 0 Å². The van der Waals surface area contributed by atoms with Gasteiger partial charge in [0.25, 0.3) is 0 Å². The Morgan fingerprint density at radius 1 is 1.08 bits per heavy atom. The van der Waals surface area contributed by atoms with E-state index in [-0.39, 0.29) is 17.3 Å². The number of benzene rings is 1. The smallest absolute Gasteiger partial charge is 0.409 e. The van der Waals surface area contributed by atoms with Crippen LogP contribution < -0.4 is 4.72 Å². The summed E-state index contributed by atoms with van der Waals surface area (Å²) in [6.07, 6.45) is -0.393. The Balaban J connectivity index is 1.88. The van der Waals surface area contributed by atoms with Crippen molar-refractivity contribution in [2.45, 2.75) is 25.7 Å². The van der Waals surface area contributed by atoms with Crippen molar-refractivity contribution in [3.63, 3.8) is 0 Å². The topological polar surface area (TPSA) is 96.0 Å². The number of rotatable bonds is 5. The second-order valence-corrected chi connectivity index (χ2v) is 7.90. The van der Waals surface area contributed by atoms with Gasteiger partial charge >= 0.3 is 6.09 Å². The van der Waals surface area contributed by atoms with E-state index in [0.717, 1.165) is 11.1 Å². The number of ether oxygens (including phenoxy) is 1. The van der Waals surface area contributed by atoms with E-state index >= 15 is 0 Å². The molecule has 0 bridgehead atoms. The van der Waals surface area contributed by atoms with Crippen LogP contribution in [0.1, 0.15) is 18.1 Å². The van der Waals surface area contributed by atoms with Crippen molar-refractivity contribution in [3.05, 3.63) is 29.3 Å². The summed E-state index contributed by atoms with van der Waals surface area (Å²) in [6, 6.07) is 4.84. The van der Waals surface area contributed by atoms with Gasteiger partial charge < -0.3 is 14.5 Å². The molecule has 1 N–H and O–H groups in total. The van der Waals surface area contributed by atoms with E-state index in [4.69, 9.17) is 4.74 Å². The molecule has 0 unspecified atom stereocenters. The molecule has 9 heteroatoms.